The molecular weight excluding hydrogens is 132 g/mol. The first kappa shape index (κ1) is 6.54. The molecule has 1 amide bonds. The number of carbonyl (C=O) groups excluding carboxylic acids is 1. The van der Waals surface area contributed by atoms with E-state index in [-0.39, 0.29) is 5.56 Å². The number of H-pyrrole nitrogens is 1. The van der Waals surface area contributed by atoms with Crippen molar-refractivity contribution in [3.63, 3.8) is 0 Å². The third kappa shape index (κ3) is 1.45. The molecule has 0 saturated carbocycles. The fraction of sp³-hybridized carbons (Fsp3) is 0. The van der Waals surface area contributed by atoms with Gasteiger partial charge in [-0.05, 0) is 6.07 Å². The first-order valence-corrected chi connectivity index (χ1v) is 2.72. The van der Waals surface area contributed by atoms with Crippen molar-refractivity contribution in [3.8, 4) is 0 Å². The molecule has 4 heteroatoms. The summed E-state index contributed by atoms with van der Waals surface area (Å²) in [6, 6.07) is 2.89. The highest BCUT2D eigenvalue weighted by atomic mass is 16.1. The summed E-state index contributed by atoms with van der Waals surface area (Å²) in [7, 11) is 0. The van der Waals surface area contributed by atoms with Gasteiger partial charge < -0.3 is 10.3 Å². The first-order valence-electron chi connectivity index (χ1n) is 2.72. The summed E-state index contributed by atoms with van der Waals surface area (Å²) in [4.78, 5) is 22.8. The fourth-order valence-corrected chi connectivity index (χ4v) is 0.602. The van der Waals surface area contributed by atoms with E-state index in [0.717, 1.165) is 0 Å². The number of pyridine rings is 1. The van der Waals surface area contributed by atoms with Crippen LogP contribution in [0.1, 0.15) is 0 Å². The van der Waals surface area contributed by atoms with Gasteiger partial charge in [0.1, 0.15) is 0 Å². The summed E-state index contributed by atoms with van der Waals surface area (Å²) in [5, 5.41) is 2.35. The van der Waals surface area contributed by atoms with Crippen LogP contribution in [0.25, 0.3) is 0 Å². The minimum atomic E-state index is -0.230. The van der Waals surface area contributed by atoms with Gasteiger partial charge >= 0.3 is 0 Å². The predicted molar refractivity (Wildman–Crippen MR) is 36.7 cm³/mol. The Morgan fingerprint density at radius 1 is 1.60 bits per heavy atom. The van der Waals surface area contributed by atoms with E-state index in [1.54, 1.807) is 6.07 Å². The molecule has 0 aliphatic heterocycles. The molecule has 0 atom stereocenters. The number of aromatic amines is 1. The van der Waals surface area contributed by atoms with Crippen LogP contribution < -0.4 is 10.9 Å². The Hall–Kier alpha value is -1.58. The van der Waals surface area contributed by atoms with E-state index in [1.807, 2.05) is 0 Å². The highest BCUT2D eigenvalue weighted by Crippen LogP contribution is 1.96. The maximum absolute atomic E-state index is 10.6. The van der Waals surface area contributed by atoms with Crippen molar-refractivity contribution in [2.24, 2.45) is 0 Å². The number of carbonyl (C=O) groups is 1. The minimum absolute atomic E-state index is 0.230. The largest absolute Gasteiger partial charge is 0.329 e. The van der Waals surface area contributed by atoms with Crippen molar-refractivity contribution < 1.29 is 4.79 Å². The Bertz CT molecular complexity index is 279. The number of anilines is 1. The standard InChI is InChI=1S/C6H6N2O2/c9-4-8-5-1-2-7-6(10)3-5/h1-4H,(H2,7,8,9,10). The lowest BCUT2D eigenvalue weighted by Gasteiger charge is -1.92. The molecule has 0 aromatic carbocycles. The van der Waals surface area contributed by atoms with Gasteiger partial charge in [0.15, 0.2) is 0 Å². The monoisotopic (exact) mass is 138 g/mol. The summed E-state index contributed by atoms with van der Waals surface area (Å²) >= 11 is 0. The number of hydrogen-bond donors (Lipinski definition) is 2. The van der Waals surface area contributed by atoms with Crippen molar-refractivity contribution in [2.45, 2.75) is 0 Å². The summed E-state index contributed by atoms with van der Waals surface area (Å²) in [6.45, 7) is 0. The molecule has 1 aromatic heterocycles. The van der Waals surface area contributed by atoms with Gasteiger partial charge in [-0.1, -0.05) is 0 Å². The molecule has 1 rings (SSSR count). The molecule has 0 unspecified atom stereocenters. The molecule has 0 aliphatic carbocycles. The van der Waals surface area contributed by atoms with Crippen LogP contribution in [-0.2, 0) is 4.79 Å². The third-order valence-electron chi connectivity index (χ3n) is 1.00. The van der Waals surface area contributed by atoms with Gasteiger partial charge in [0.2, 0.25) is 12.0 Å². The number of hydrogen-bond acceptors (Lipinski definition) is 2. The van der Waals surface area contributed by atoms with Gasteiger partial charge in [-0.25, -0.2) is 0 Å². The second kappa shape index (κ2) is 2.82. The number of nitrogens with one attached hydrogen (secondary N) is 2. The Kier molecular flexibility index (Phi) is 1.84. The molecule has 1 aromatic rings. The van der Waals surface area contributed by atoms with Crippen molar-refractivity contribution >= 4 is 12.1 Å². The molecule has 0 bridgehead atoms. The fourth-order valence-electron chi connectivity index (χ4n) is 0.602. The van der Waals surface area contributed by atoms with Gasteiger partial charge in [-0.15, -0.1) is 0 Å². The molecule has 10 heavy (non-hydrogen) atoms. The quantitative estimate of drug-likeness (QED) is 0.562. The molecule has 0 radical (unpaired) electrons. The smallest absolute Gasteiger partial charge is 0.249 e. The normalized spacial score (nSPS) is 8.80. The molecule has 0 fully saturated rings. The third-order valence-corrected chi connectivity index (χ3v) is 1.00. The lowest BCUT2D eigenvalue weighted by atomic mass is 10.4. The van der Waals surface area contributed by atoms with E-state index in [9.17, 15) is 9.59 Å². The maximum Gasteiger partial charge on any atom is 0.249 e. The Balaban J connectivity index is 2.95. The van der Waals surface area contributed by atoms with Crippen LogP contribution >= 0.6 is 0 Å². The second-order valence-electron chi connectivity index (χ2n) is 1.70. The molecule has 1 heterocycles. The zero-order valence-corrected chi connectivity index (χ0v) is 5.13. The van der Waals surface area contributed by atoms with Crippen LogP contribution in [0, 0.1) is 0 Å². The van der Waals surface area contributed by atoms with Crippen LogP contribution in [0.3, 0.4) is 0 Å². The molecule has 4 nitrogen and oxygen atoms in total. The van der Waals surface area contributed by atoms with E-state index >= 15 is 0 Å². The van der Waals surface area contributed by atoms with Gasteiger partial charge in [-0.3, -0.25) is 9.59 Å². The van der Waals surface area contributed by atoms with Gasteiger partial charge in [0.25, 0.3) is 0 Å². The molecular formula is C6H6N2O2. The lowest BCUT2D eigenvalue weighted by molar-refractivity contribution is -0.105. The second-order valence-corrected chi connectivity index (χ2v) is 1.70. The molecule has 0 saturated heterocycles. The minimum Gasteiger partial charge on any atom is -0.329 e. The highest BCUT2D eigenvalue weighted by Gasteiger charge is 1.87. The van der Waals surface area contributed by atoms with Crippen molar-refractivity contribution in [1.29, 1.82) is 0 Å². The Morgan fingerprint density at radius 3 is 3.00 bits per heavy atom. The van der Waals surface area contributed by atoms with E-state index in [0.29, 0.717) is 12.1 Å². The van der Waals surface area contributed by atoms with Crippen LogP contribution in [0.5, 0.6) is 0 Å². The topological polar surface area (TPSA) is 62.0 Å². The SMILES string of the molecule is O=CNc1cc[nH]c(=O)c1. The van der Waals surface area contributed by atoms with E-state index in [4.69, 9.17) is 0 Å². The van der Waals surface area contributed by atoms with Crippen LogP contribution in [0.4, 0.5) is 5.69 Å². The number of aromatic nitrogens is 1. The van der Waals surface area contributed by atoms with E-state index < -0.39 is 0 Å². The zero-order valence-electron chi connectivity index (χ0n) is 5.13. The van der Waals surface area contributed by atoms with E-state index in [1.165, 1.54) is 12.3 Å². The summed E-state index contributed by atoms with van der Waals surface area (Å²) in [5.41, 5.74) is 0.269. The predicted octanol–water partition coefficient (Wildman–Crippen LogP) is -0.0568. The van der Waals surface area contributed by atoms with Gasteiger partial charge in [-0.2, -0.15) is 0 Å². The molecule has 2 N–H and O–H groups in total. The number of rotatable bonds is 2. The van der Waals surface area contributed by atoms with Gasteiger partial charge in [0.05, 0.1) is 0 Å². The molecule has 52 valence electrons. The van der Waals surface area contributed by atoms with Crippen molar-refractivity contribution in [1.82, 2.24) is 4.98 Å². The first-order chi connectivity index (χ1) is 4.83. The van der Waals surface area contributed by atoms with Crippen LogP contribution in [0.2, 0.25) is 0 Å². The maximum atomic E-state index is 10.6. The summed E-state index contributed by atoms with van der Waals surface area (Å²) in [6.07, 6.45) is 1.99. The average Bonchev–Trinajstić information content (AvgIpc) is 1.88. The average molecular weight is 138 g/mol. The number of amides is 1. The summed E-state index contributed by atoms with van der Waals surface area (Å²) in [5.74, 6) is 0. The highest BCUT2D eigenvalue weighted by molar-refractivity contribution is 5.70. The summed E-state index contributed by atoms with van der Waals surface area (Å²) < 4.78 is 0. The molecule has 0 spiro atoms. The van der Waals surface area contributed by atoms with Crippen LogP contribution in [0.15, 0.2) is 23.1 Å². The Morgan fingerprint density at radius 2 is 2.40 bits per heavy atom. The van der Waals surface area contributed by atoms with Crippen molar-refractivity contribution in [3.05, 3.63) is 28.7 Å². The molecule has 0 aliphatic rings. The van der Waals surface area contributed by atoms with E-state index in [2.05, 4.69) is 10.3 Å². The van der Waals surface area contributed by atoms with Crippen molar-refractivity contribution in [2.75, 3.05) is 5.32 Å². The van der Waals surface area contributed by atoms with Gasteiger partial charge in [0, 0.05) is 18.0 Å². The zero-order chi connectivity index (χ0) is 7.40. The van der Waals surface area contributed by atoms with Crippen LogP contribution in [-0.4, -0.2) is 11.4 Å². The lowest BCUT2D eigenvalue weighted by Crippen LogP contribution is -2.04. The Labute approximate surface area is 56.9 Å².